The number of hydrogen-bond donors (Lipinski definition) is 1. The SMILES string of the molecule is CCOc1cc(C2C3=C(CCCC3=O)NC3=C2C(=O)CCC3)cc(I)c1OS(=O)(=O)c1ccc(C)cc1. The summed E-state index contributed by atoms with van der Waals surface area (Å²) >= 11 is 2.03. The van der Waals surface area contributed by atoms with Crippen molar-refractivity contribution in [2.75, 3.05) is 6.61 Å². The van der Waals surface area contributed by atoms with Gasteiger partial charge in [-0.05, 0) is 92.0 Å². The molecule has 0 radical (unpaired) electrons. The van der Waals surface area contributed by atoms with Gasteiger partial charge >= 0.3 is 10.1 Å². The zero-order chi connectivity index (χ0) is 26.3. The summed E-state index contributed by atoms with van der Waals surface area (Å²) < 4.78 is 38.1. The highest BCUT2D eigenvalue weighted by Gasteiger charge is 2.41. The molecule has 0 amide bonds. The maximum Gasteiger partial charge on any atom is 0.339 e. The van der Waals surface area contributed by atoms with Crippen LogP contribution in [0.15, 0.2) is 63.8 Å². The van der Waals surface area contributed by atoms with Crippen molar-refractivity contribution in [3.63, 3.8) is 0 Å². The Bertz CT molecular complexity index is 1410. The number of carbonyl (C=O) groups is 2. The first-order valence-corrected chi connectivity index (χ1v) is 14.9. The van der Waals surface area contributed by atoms with Gasteiger partial charge in [0, 0.05) is 41.3 Å². The minimum atomic E-state index is -4.11. The highest BCUT2D eigenvalue weighted by Crippen LogP contribution is 2.48. The number of halogens is 1. The minimum Gasteiger partial charge on any atom is -0.490 e. The van der Waals surface area contributed by atoms with Gasteiger partial charge in [0.2, 0.25) is 0 Å². The van der Waals surface area contributed by atoms with Crippen molar-refractivity contribution in [1.82, 2.24) is 5.32 Å². The molecule has 0 bridgehead atoms. The van der Waals surface area contributed by atoms with Crippen molar-refractivity contribution in [2.45, 2.75) is 63.2 Å². The highest BCUT2D eigenvalue weighted by atomic mass is 127. The fourth-order valence-electron chi connectivity index (χ4n) is 5.28. The van der Waals surface area contributed by atoms with Gasteiger partial charge in [-0.1, -0.05) is 17.7 Å². The summed E-state index contributed by atoms with van der Waals surface area (Å²) in [5.41, 5.74) is 4.72. The molecule has 2 aromatic carbocycles. The van der Waals surface area contributed by atoms with Gasteiger partial charge in [0.1, 0.15) is 4.90 Å². The van der Waals surface area contributed by atoms with Crippen molar-refractivity contribution in [3.8, 4) is 11.5 Å². The lowest BCUT2D eigenvalue weighted by molar-refractivity contribution is -0.117. The first-order chi connectivity index (χ1) is 17.7. The first-order valence-electron chi connectivity index (χ1n) is 12.5. The van der Waals surface area contributed by atoms with Crippen LogP contribution in [-0.4, -0.2) is 26.6 Å². The third-order valence-electron chi connectivity index (χ3n) is 6.96. The summed E-state index contributed by atoms with van der Waals surface area (Å²) in [5.74, 6) is -0.0799. The summed E-state index contributed by atoms with van der Waals surface area (Å²) in [7, 11) is -4.11. The van der Waals surface area contributed by atoms with Crippen LogP contribution in [0.1, 0.15) is 62.5 Å². The Balaban J connectivity index is 1.62. The molecule has 37 heavy (non-hydrogen) atoms. The molecular weight excluding hydrogens is 605 g/mol. The number of Topliss-reactive ketones (excluding diaryl/α,β-unsaturated/α-hetero) is 2. The van der Waals surface area contributed by atoms with Crippen molar-refractivity contribution in [3.05, 3.63) is 73.6 Å². The first kappa shape index (κ1) is 26.0. The number of allylic oxidation sites excluding steroid dienone is 4. The van der Waals surface area contributed by atoms with E-state index in [4.69, 9.17) is 8.92 Å². The predicted molar refractivity (Wildman–Crippen MR) is 147 cm³/mol. The Hall–Kier alpha value is -2.66. The van der Waals surface area contributed by atoms with E-state index >= 15 is 0 Å². The quantitative estimate of drug-likeness (QED) is 0.333. The largest absolute Gasteiger partial charge is 0.490 e. The van der Waals surface area contributed by atoms with Gasteiger partial charge in [0.25, 0.3) is 0 Å². The topological polar surface area (TPSA) is 98.8 Å². The van der Waals surface area contributed by atoms with Gasteiger partial charge in [-0.25, -0.2) is 0 Å². The summed E-state index contributed by atoms with van der Waals surface area (Å²) in [5, 5.41) is 3.42. The number of hydrogen-bond acceptors (Lipinski definition) is 7. The van der Waals surface area contributed by atoms with Crippen LogP contribution in [0.4, 0.5) is 0 Å². The molecule has 0 fully saturated rings. The molecule has 7 nitrogen and oxygen atoms in total. The minimum absolute atomic E-state index is 0.0407. The number of aryl methyl sites for hydroxylation is 1. The van der Waals surface area contributed by atoms with E-state index in [0.717, 1.165) is 48.2 Å². The molecule has 3 aliphatic rings. The number of carbonyl (C=O) groups excluding carboxylic acids is 2. The molecule has 0 unspecified atom stereocenters. The van der Waals surface area contributed by atoms with E-state index in [1.807, 2.05) is 29.5 Å². The van der Waals surface area contributed by atoms with Crippen LogP contribution in [0.25, 0.3) is 0 Å². The second kappa shape index (κ2) is 10.2. The molecule has 0 aromatic heterocycles. The normalized spacial score (nSPS) is 18.4. The molecule has 9 heteroatoms. The number of ketones is 2. The standard InChI is InChI=1S/C28H28INO6S/c1-3-35-24-15-17(14-19(29)28(24)36-37(33,34)18-12-10-16(2)11-13-18)25-26-20(6-4-8-22(26)31)30-21-7-5-9-23(32)27(21)25/h10-15,25,30H,3-9H2,1-2H3. The fraction of sp³-hybridized carbons (Fsp3) is 0.357. The van der Waals surface area contributed by atoms with Crippen LogP contribution >= 0.6 is 22.6 Å². The Morgan fingerprint density at radius 3 is 2.11 bits per heavy atom. The third-order valence-corrected chi connectivity index (χ3v) is 9.00. The molecule has 2 aliphatic carbocycles. The monoisotopic (exact) mass is 633 g/mol. The van der Waals surface area contributed by atoms with Crippen LogP contribution in [0.2, 0.25) is 0 Å². The van der Waals surface area contributed by atoms with Crippen molar-refractivity contribution in [2.24, 2.45) is 0 Å². The molecule has 0 spiro atoms. The maximum atomic E-state index is 13.2. The number of dihydropyridines is 1. The van der Waals surface area contributed by atoms with E-state index in [-0.39, 0.29) is 34.6 Å². The average Bonchev–Trinajstić information content (AvgIpc) is 2.85. The Morgan fingerprint density at radius 2 is 1.54 bits per heavy atom. The van der Waals surface area contributed by atoms with E-state index in [2.05, 4.69) is 5.32 Å². The van der Waals surface area contributed by atoms with Crippen molar-refractivity contribution < 1.29 is 26.9 Å². The zero-order valence-corrected chi connectivity index (χ0v) is 23.7. The van der Waals surface area contributed by atoms with Crippen LogP contribution in [-0.2, 0) is 19.7 Å². The molecule has 5 rings (SSSR count). The summed E-state index contributed by atoms with van der Waals surface area (Å²) in [6.07, 6.45) is 3.96. The van der Waals surface area contributed by atoms with E-state index in [0.29, 0.717) is 27.6 Å². The lowest BCUT2D eigenvalue weighted by Crippen LogP contribution is -2.36. The van der Waals surface area contributed by atoms with Gasteiger partial charge in [-0.15, -0.1) is 0 Å². The lowest BCUT2D eigenvalue weighted by Gasteiger charge is -2.37. The van der Waals surface area contributed by atoms with E-state index in [1.54, 1.807) is 31.2 Å². The Labute approximate surface area is 230 Å². The van der Waals surface area contributed by atoms with E-state index < -0.39 is 16.0 Å². The van der Waals surface area contributed by atoms with E-state index in [9.17, 15) is 18.0 Å². The molecule has 0 saturated heterocycles. The molecule has 2 aromatic rings. The molecule has 1 aliphatic heterocycles. The summed E-state index contributed by atoms with van der Waals surface area (Å²) in [6.45, 7) is 3.97. The third kappa shape index (κ3) is 4.95. The number of nitrogens with one attached hydrogen (secondary N) is 1. The van der Waals surface area contributed by atoms with Crippen LogP contribution < -0.4 is 14.2 Å². The summed E-state index contributed by atoms with van der Waals surface area (Å²) in [6, 6.07) is 9.96. The zero-order valence-electron chi connectivity index (χ0n) is 20.7. The van der Waals surface area contributed by atoms with E-state index in [1.165, 1.54) is 12.1 Å². The summed E-state index contributed by atoms with van der Waals surface area (Å²) in [4.78, 5) is 26.4. The highest BCUT2D eigenvalue weighted by molar-refractivity contribution is 14.1. The van der Waals surface area contributed by atoms with Crippen LogP contribution in [0, 0.1) is 10.5 Å². The molecule has 1 heterocycles. The Kier molecular flexibility index (Phi) is 7.19. The van der Waals surface area contributed by atoms with Gasteiger partial charge in [-0.3, -0.25) is 9.59 Å². The fourth-order valence-corrected chi connectivity index (χ4v) is 7.12. The van der Waals surface area contributed by atoms with Crippen molar-refractivity contribution in [1.29, 1.82) is 0 Å². The second-order valence-corrected chi connectivity index (χ2v) is 12.2. The molecule has 194 valence electrons. The van der Waals surface area contributed by atoms with Crippen LogP contribution in [0.3, 0.4) is 0 Å². The predicted octanol–water partition coefficient (Wildman–Crippen LogP) is 5.47. The molecule has 0 atom stereocenters. The smallest absolute Gasteiger partial charge is 0.339 e. The molecule has 0 saturated carbocycles. The Morgan fingerprint density at radius 1 is 0.946 bits per heavy atom. The molecule has 1 N–H and O–H groups in total. The average molecular weight is 634 g/mol. The second-order valence-electron chi connectivity index (χ2n) is 9.51. The van der Waals surface area contributed by atoms with Gasteiger partial charge in [0.05, 0.1) is 10.2 Å². The number of benzene rings is 2. The van der Waals surface area contributed by atoms with Crippen molar-refractivity contribution >= 4 is 44.3 Å². The van der Waals surface area contributed by atoms with Crippen LogP contribution in [0.5, 0.6) is 11.5 Å². The van der Waals surface area contributed by atoms with Gasteiger partial charge in [0.15, 0.2) is 23.1 Å². The molecular formula is C28H28INO6S. The number of rotatable bonds is 6. The number of ether oxygens (including phenoxy) is 1. The maximum absolute atomic E-state index is 13.2. The van der Waals surface area contributed by atoms with Gasteiger partial charge < -0.3 is 14.2 Å². The van der Waals surface area contributed by atoms with Gasteiger partial charge in [-0.2, -0.15) is 8.42 Å². The lowest BCUT2D eigenvalue weighted by atomic mass is 9.71.